The van der Waals surface area contributed by atoms with Crippen molar-refractivity contribution < 1.29 is 0 Å². The van der Waals surface area contributed by atoms with Gasteiger partial charge in [-0.3, -0.25) is 4.68 Å². The molecule has 112 valence electrons. The number of benzene rings is 1. The second-order valence-electron chi connectivity index (χ2n) is 6.02. The van der Waals surface area contributed by atoms with Crippen molar-refractivity contribution in [2.75, 3.05) is 0 Å². The highest BCUT2D eigenvalue weighted by atomic mass is 35.5. The van der Waals surface area contributed by atoms with E-state index < -0.39 is 0 Å². The Morgan fingerprint density at radius 3 is 2.57 bits per heavy atom. The Hall–Kier alpha value is -1.32. The molecule has 0 amide bonds. The average Bonchev–Trinajstić information content (AvgIpc) is 3.12. The fourth-order valence-corrected chi connectivity index (χ4v) is 3.25. The summed E-state index contributed by atoms with van der Waals surface area (Å²) < 4.78 is 2.14. The molecule has 0 bridgehead atoms. The number of rotatable bonds is 5. The largest absolute Gasteiger partial charge is 0.327 e. The lowest BCUT2D eigenvalue weighted by atomic mass is 10.0. The van der Waals surface area contributed by atoms with E-state index in [4.69, 9.17) is 22.4 Å². The first kappa shape index (κ1) is 14.6. The second kappa shape index (κ2) is 6.63. The molecule has 1 aliphatic rings. The van der Waals surface area contributed by atoms with Gasteiger partial charge in [-0.2, -0.15) is 5.10 Å². The minimum atomic E-state index is 0.0955. The zero-order chi connectivity index (χ0) is 14.7. The van der Waals surface area contributed by atoms with Gasteiger partial charge in [0.25, 0.3) is 0 Å². The topological polar surface area (TPSA) is 43.8 Å². The predicted octanol–water partition coefficient (Wildman–Crippen LogP) is 3.76. The highest BCUT2D eigenvalue weighted by Gasteiger charge is 2.18. The molecule has 21 heavy (non-hydrogen) atoms. The Morgan fingerprint density at radius 2 is 1.86 bits per heavy atom. The molecule has 2 aromatic rings. The van der Waals surface area contributed by atoms with Crippen LogP contribution in [-0.4, -0.2) is 15.8 Å². The summed E-state index contributed by atoms with van der Waals surface area (Å²) in [5.41, 5.74) is 8.58. The maximum atomic E-state index is 6.26. The van der Waals surface area contributed by atoms with Gasteiger partial charge in [-0.05, 0) is 43.0 Å². The molecule has 1 atom stereocenters. The summed E-state index contributed by atoms with van der Waals surface area (Å²) in [6.07, 6.45) is 8.97. The monoisotopic (exact) mass is 303 g/mol. The minimum Gasteiger partial charge on any atom is -0.327 e. The van der Waals surface area contributed by atoms with Crippen LogP contribution >= 0.6 is 11.6 Å². The molecule has 1 aromatic carbocycles. The summed E-state index contributed by atoms with van der Waals surface area (Å²) in [6, 6.07) is 10.7. The van der Waals surface area contributed by atoms with Crippen LogP contribution in [0.2, 0.25) is 5.02 Å². The molecule has 3 rings (SSSR count). The van der Waals surface area contributed by atoms with Gasteiger partial charge in [0, 0.05) is 23.7 Å². The fourth-order valence-electron chi connectivity index (χ4n) is 3.12. The average molecular weight is 304 g/mol. The molecule has 1 heterocycles. The van der Waals surface area contributed by atoms with Crippen molar-refractivity contribution >= 4 is 11.6 Å². The van der Waals surface area contributed by atoms with Gasteiger partial charge < -0.3 is 5.73 Å². The smallest absolute Gasteiger partial charge is 0.0640 e. The number of halogens is 1. The van der Waals surface area contributed by atoms with Crippen LogP contribution in [0.3, 0.4) is 0 Å². The third kappa shape index (κ3) is 3.86. The first-order valence-corrected chi connectivity index (χ1v) is 8.12. The molecule has 0 saturated heterocycles. The van der Waals surface area contributed by atoms with Crippen LogP contribution in [-0.2, 0) is 12.8 Å². The predicted molar refractivity (Wildman–Crippen MR) is 86.6 cm³/mol. The molecule has 1 unspecified atom stereocenters. The van der Waals surface area contributed by atoms with E-state index in [2.05, 4.69) is 16.9 Å². The number of nitrogens with two attached hydrogens (primary N) is 1. The van der Waals surface area contributed by atoms with E-state index >= 15 is 0 Å². The van der Waals surface area contributed by atoms with Crippen molar-refractivity contribution in [3.63, 3.8) is 0 Å². The fraction of sp³-hybridized carbons (Fsp3) is 0.471. The molecule has 0 spiro atoms. The van der Waals surface area contributed by atoms with Crippen molar-refractivity contribution in [2.24, 2.45) is 5.73 Å². The van der Waals surface area contributed by atoms with Gasteiger partial charge in [0.2, 0.25) is 0 Å². The van der Waals surface area contributed by atoms with E-state index in [1.165, 1.54) is 31.2 Å². The summed E-state index contributed by atoms with van der Waals surface area (Å²) in [6.45, 7) is 0. The Kier molecular flexibility index (Phi) is 4.61. The standard InChI is InChI=1S/C17H22ClN3/c18-14-7-5-13(6-8-14)11-15(19)12-16-9-10-21(20-16)17-3-1-2-4-17/h5-10,15,17H,1-4,11-12,19H2. The van der Waals surface area contributed by atoms with Crippen LogP contribution in [0.1, 0.15) is 43.0 Å². The number of aromatic nitrogens is 2. The summed E-state index contributed by atoms with van der Waals surface area (Å²) in [5.74, 6) is 0. The van der Waals surface area contributed by atoms with Gasteiger partial charge in [-0.25, -0.2) is 0 Å². The Balaban J connectivity index is 1.56. The molecule has 2 N–H and O–H groups in total. The Labute approximate surface area is 131 Å². The van der Waals surface area contributed by atoms with Crippen molar-refractivity contribution in [1.29, 1.82) is 0 Å². The van der Waals surface area contributed by atoms with E-state index in [0.717, 1.165) is 23.6 Å². The lowest BCUT2D eigenvalue weighted by molar-refractivity contribution is 0.461. The van der Waals surface area contributed by atoms with Crippen molar-refractivity contribution in [1.82, 2.24) is 9.78 Å². The van der Waals surface area contributed by atoms with Crippen molar-refractivity contribution in [2.45, 2.75) is 50.6 Å². The van der Waals surface area contributed by atoms with E-state index in [1.54, 1.807) is 0 Å². The normalized spacial score (nSPS) is 17.2. The van der Waals surface area contributed by atoms with Gasteiger partial charge in [-0.15, -0.1) is 0 Å². The third-order valence-electron chi connectivity index (χ3n) is 4.24. The van der Waals surface area contributed by atoms with Crippen LogP contribution in [0.4, 0.5) is 0 Å². The van der Waals surface area contributed by atoms with Gasteiger partial charge in [0.15, 0.2) is 0 Å². The van der Waals surface area contributed by atoms with Crippen LogP contribution in [0, 0.1) is 0 Å². The SMILES string of the molecule is NC(Cc1ccc(Cl)cc1)Cc1ccn(C2CCCC2)n1. The Morgan fingerprint density at radius 1 is 1.14 bits per heavy atom. The van der Waals surface area contributed by atoms with Crippen LogP contribution < -0.4 is 5.73 Å². The highest BCUT2D eigenvalue weighted by Crippen LogP contribution is 2.28. The molecule has 0 aliphatic heterocycles. The summed E-state index contributed by atoms with van der Waals surface area (Å²) in [5, 5.41) is 5.47. The van der Waals surface area contributed by atoms with E-state index in [1.807, 2.05) is 24.3 Å². The van der Waals surface area contributed by atoms with Crippen LogP contribution in [0.5, 0.6) is 0 Å². The molecule has 1 aromatic heterocycles. The Bertz CT molecular complexity index is 570. The van der Waals surface area contributed by atoms with E-state index in [-0.39, 0.29) is 6.04 Å². The maximum Gasteiger partial charge on any atom is 0.0640 e. The van der Waals surface area contributed by atoms with Crippen molar-refractivity contribution in [3.8, 4) is 0 Å². The first-order chi connectivity index (χ1) is 10.2. The molecule has 3 nitrogen and oxygen atoms in total. The summed E-state index contributed by atoms with van der Waals surface area (Å²) in [4.78, 5) is 0. The minimum absolute atomic E-state index is 0.0955. The zero-order valence-electron chi connectivity index (χ0n) is 12.2. The number of hydrogen-bond donors (Lipinski definition) is 1. The summed E-state index contributed by atoms with van der Waals surface area (Å²) in [7, 11) is 0. The lowest BCUT2D eigenvalue weighted by Gasteiger charge is -2.11. The molecular formula is C17H22ClN3. The number of hydrogen-bond acceptors (Lipinski definition) is 2. The molecule has 1 saturated carbocycles. The first-order valence-electron chi connectivity index (χ1n) is 7.75. The van der Waals surface area contributed by atoms with E-state index in [9.17, 15) is 0 Å². The van der Waals surface area contributed by atoms with Gasteiger partial charge >= 0.3 is 0 Å². The van der Waals surface area contributed by atoms with Gasteiger partial charge in [-0.1, -0.05) is 36.6 Å². The molecule has 0 radical (unpaired) electrons. The van der Waals surface area contributed by atoms with E-state index in [0.29, 0.717) is 6.04 Å². The lowest BCUT2D eigenvalue weighted by Crippen LogP contribution is -2.25. The molecule has 4 heteroatoms. The molecular weight excluding hydrogens is 282 g/mol. The maximum absolute atomic E-state index is 6.26. The van der Waals surface area contributed by atoms with Crippen LogP contribution in [0.15, 0.2) is 36.5 Å². The quantitative estimate of drug-likeness (QED) is 0.914. The van der Waals surface area contributed by atoms with Crippen molar-refractivity contribution in [3.05, 3.63) is 52.8 Å². The molecule has 1 fully saturated rings. The summed E-state index contributed by atoms with van der Waals surface area (Å²) >= 11 is 5.90. The second-order valence-corrected chi connectivity index (χ2v) is 6.46. The third-order valence-corrected chi connectivity index (χ3v) is 4.50. The van der Waals surface area contributed by atoms with Gasteiger partial charge in [0.1, 0.15) is 0 Å². The van der Waals surface area contributed by atoms with Crippen LogP contribution in [0.25, 0.3) is 0 Å². The molecule has 1 aliphatic carbocycles. The zero-order valence-corrected chi connectivity index (χ0v) is 13.0. The van der Waals surface area contributed by atoms with Gasteiger partial charge in [0.05, 0.1) is 11.7 Å². The number of nitrogens with zero attached hydrogens (tertiary/aromatic N) is 2. The highest BCUT2D eigenvalue weighted by molar-refractivity contribution is 6.30.